The molecule has 0 unspecified atom stereocenters. The molecule has 5 nitrogen and oxygen atoms in total. The Morgan fingerprint density at radius 2 is 1.77 bits per heavy atom. The number of carbonyl (C=O) groups is 2. The van der Waals surface area contributed by atoms with E-state index < -0.39 is 17.5 Å². The molecule has 0 radical (unpaired) electrons. The van der Waals surface area contributed by atoms with Crippen molar-refractivity contribution in [3.05, 3.63) is 0 Å². The fourth-order valence-electron chi connectivity index (χ4n) is 1.78. The minimum Gasteiger partial charge on any atom is -0.480 e. The summed E-state index contributed by atoms with van der Waals surface area (Å²) < 4.78 is 0. The molecular formula is C8H14N2O3. The monoisotopic (exact) mass is 186 g/mol. The Morgan fingerprint density at radius 3 is 2.15 bits per heavy atom. The number of hydrogen-bond donors (Lipinski definition) is 3. The van der Waals surface area contributed by atoms with Crippen LogP contribution in [0.1, 0.15) is 32.1 Å². The first-order valence-electron chi connectivity index (χ1n) is 4.38. The first-order valence-corrected chi connectivity index (χ1v) is 4.38. The Labute approximate surface area is 76.3 Å². The van der Waals surface area contributed by atoms with Crippen molar-refractivity contribution in [1.82, 2.24) is 5.32 Å². The molecule has 0 aliphatic heterocycles. The maximum absolute atomic E-state index is 10.9. The molecule has 0 spiro atoms. The highest BCUT2D eigenvalue weighted by molar-refractivity contribution is 5.85. The van der Waals surface area contributed by atoms with E-state index >= 15 is 0 Å². The predicted octanol–water partition coefficient (Wildman–Crippen LogP) is 0.442. The number of carbonyl (C=O) groups excluding carboxylic acids is 1. The van der Waals surface area contributed by atoms with Crippen LogP contribution in [0.2, 0.25) is 0 Å². The maximum atomic E-state index is 10.9. The molecule has 13 heavy (non-hydrogen) atoms. The molecule has 0 aromatic carbocycles. The zero-order valence-corrected chi connectivity index (χ0v) is 7.38. The Bertz CT molecular complexity index is 221. The number of hydrogen-bond acceptors (Lipinski definition) is 2. The first-order chi connectivity index (χ1) is 6.07. The van der Waals surface area contributed by atoms with Gasteiger partial charge in [-0.3, -0.25) is 0 Å². The number of nitrogens with one attached hydrogen (secondary N) is 1. The number of carboxylic acids is 1. The second kappa shape index (κ2) is 3.64. The molecule has 74 valence electrons. The van der Waals surface area contributed by atoms with Gasteiger partial charge in [-0.15, -0.1) is 0 Å². The Morgan fingerprint density at radius 1 is 1.23 bits per heavy atom. The molecule has 1 fully saturated rings. The predicted molar refractivity (Wildman–Crippen MR) is 46.2 cm³/mol. The lowest BCUT2D eigenvalue weighted by Crippen LogP contribution is -2.57. The number of nitrogens with two attached hydrogens (primary N) is 1. The summed E-state index contributed by atoms with van der Waals surface area (Å²) in [7, 11) is 0. The van der Waals surface area contributed by atoms with Crippen LogP contribution in [0.25, 0.3) is 0 Å². The number of primary amides is 1. The van der Waals surface area contributed by atoms with Crippen molar-refractivity contribution >= 4 is 12.0 Å². The van der Waals surface area contributed by atoms with Gasteiger partial charge in [-0.05, 0) is 12.8 Å². The van der Waals surface area contributed by atoms with E-state index in [0.717, 1.165) is 19.3 Å². The molecule has 0 heterocycles. The highest BCUT2D eigenvalue weighted by Crippen LogP contribution is 2.28. The van der Waals surface area contributed by atoms with E-state index in [2.05, 4.69) is 5.32 Å². The molecule has 2 amide bonds. The molecule has 0 aromatic rings. The summed E-state index contributed by atoms with van der Waals surface area (Å²) in [5.74, 6) is -0.981. The Hall–Kier alpha value is -1.26. The van der Waals surface area contributed by atoms with Crippen LogP contribution in [0, 0.1) is 0 Å². The molecule has 0 aromatic heterocycles. The number of urea groups is 1. The van der Waals surface area contributed by atoms with Gasteiger partial charge in [0.1, 0.15) is 5.54 Å². The minimum atomic E-state index is -1.11. The summed E-state index contributed by atoms with van der Waals surface area (Å²) in [6, 6.07) is -0.760. The van der Waals surface area contributed by atoms with Crippen LogP contribution in [0.5, 0.6) is 0 Å². The van der Waals surface area contributed by atoms with E-state index in [9.17, 15) is 9.59 Å². The molecule has 0 bridgehead atoms. The minimum absolute atomic E-state index is 0.477. The van der Waals surface area contributed by atoms with Crippen molar-refractivity contribution < 1.29 is 14.7 Å². The molecule has 4 N–H and O–H groups in total. The van der Waals surface area contributed by atoms with E-state index in [0.29, 0.717) is 12.8 Å². The third kappa shape index (κ3) is 2.11. The van der Waals surface area contributed by atoms with E-state index in [1.807, 2.05) is 0 Å². The Kier molecular flexibility index (Phi) is 2.75. The van der Waals surface area contributed by atoms with Crippen molar-refractivity contribution in [2.45, 2.75) is 37.6 Å². The first kappa shape index (κ1) is 9.83. The molecule has 1 rings (SSSR count). The van der Waals surface area contributed by atoms with E-state index in [1.165, 1.54) is 0 Å². The SMILES string of the molecule is NC(=O)NC1(C(=O)O)CCCCC1. The van der Waals surface area contributed by atoms with Gasteiger partial charge in [0.2, 0.25) is 0 Å². The smallest absolute Gasteiger partial charge is 0.329 e. The van der Waals surface area contributed by atoms with Gasteiger partial charge in [-0.2, -0.15) is 0 Å². The number of amides is 2. The van der Waals surface area contributed by atoms with Crippen LogP contribution < -0.4 is 11.1 Å². The molecule has 0 atom stereocenters. The van der Waals surface area contributed by atoms with Gasteiger partial charge in [0.15, 0.2) is 0 Å². The molecule has 5 heteroatoms. The largest absolute Gasteiger partial charge is 0.480 e. The van der Waals surface area contributed by atoms with Crippen molar-refractivity contribution in [3.63, 3.8) is 0 Å². The van der Waals surface area contributed by atoms with E-state index in [1.54, 1.807) is 0 Å². The standard InChI is InChI=1S/C8H14N2O3/c9-7(13)10-8(6(11)12)4-2-1-3-5-8/h1-5H2,(H,11,12)(H3,9,10,13). The number of carboxylic acid groups (broad SMARTS) is 1. The lowest BCUT2D eigenvalue weighted by atomic mass is 9.82. The molecule has 1 saturated carbocycles. The van der Waals surface area contributed by atoms with Crippen LogP contribution in [0.3, 0.4) is 0 Å². The average Bonchev–Trinajstić information content (AvgIpc) is 2.04. The van der Waals surface area contributed by atoms with E-state index in [-0.39, 0.29) is 0 Å². The van der Waals surface area contributed by atoms with Gasteiger partial charge < -0.3 is 16.2 Å². The zero-order valence-electron chi connectivity index (χ0n) is 7.38. The van der Waals surface area contributed by atoms with Gasteiger partial charge in [0.05, 0.1) is 0 Å². The van der Waals surface area contributed by atoms with Crippen LogP contribution >= 0.6 is 0 Å². The number of rotatable bonds is 2. The summed E-state index contributed by atoms with van der Waals surface area (Å²) in [6.45, 7) is 0. The van der Waals surface area contributed by atoms with Crippen molar-refractivity contribution in [3.8, 4) is 0 Å². The van der Waals surface area contributed by atoms with Crippen LogP contribution in [0.15, 0.2) is 0 Å². The molecule has 1 aliphatic carbocycles. The lowest BCUT2D eigenvalue weighted by molar-refractivity contribution is -0.145. The van der Waals surface area contributed by atoms with Crippen molar-refractivity contribution in [1.29, 1.82) is 0 Å². The van der Waals surface area contributed by atoms with Gasteiger partial charge >= 0.3 is 12.0 Å². The lowest BCUT2D eigenvalue weighted by Gasteiger charge is -2.33. The quantitative estimate of drug-likeness (QED) is 0.584. The van der Waals surface area contributed by atoms with Crippen LogP contribution in [-0.4, -0.2) is 22.6 Å². The van der Waals surface area contributed by atoms with Crippen molar-refractivity contribution in [2.75, 3.05) is 0 Å². The highest BCUT2D eigenvalue weighted by Gasteiger charge is 2.40. The summed E-state index contributed by atoms with van der Waals surface area (Å²) in [4.78, 5) is 21.6. The van der Waals surface area contributed by atoms with Crippen LogP contribution in [0.4, 0.5) is 4.79 Å². The summed E-state index contributed by atoms with van der Waals surface area (Å²) in [6.07, 6.45) is 3.63. The molecule has 0 saturated heterocycles. The Balaban J connectivity index is 2.73. The topological polar surface area (TPSA) is 92.4 Å². The van der Waals surface area contributed by atoms with Crippen LogP contribution in [-0.2, 0) is 4.79 Å². The van der Waals surface area contributed by atoms with E-state index in [4.69, 9.17) is 10.8 Å². The average molecular weight is 186 g/mol. The second-order valence-corrected chi connectivity index (χ2v) is 3.44. The molecule has 1 aliphatic rings. The van der Waals surface area contributed by atoms with Gasteiger partial charge in [-0.25, -0.2) is 9.59 Å². The van der Waals surface area contributed by atoms with Gasteiger partial charge in [0, 0.05) is 0 Å². The third-order valence-electron chi connectivity index (χ3n) is 2.48. The second-order valence-electron chi connectivity index (χ2n) is 3.44. The summed E-state index contributed by atoms with van der Waals surface area (Å²) >= 11 is 0. The van der Waals surface area contributed by atoms with Gasteiger partial charge in [-0.1, -0.05) is 19.3 Å². The summed E-state index contributed by atoms with van der Waals surface area (Å²) in [5.41, 5.74) is 3.83. The summed E-state index contributed by atoms with van der Waals surface area (Å²) in [5, 5.41) is 11.3. The highest BCUT2D eigenvalue weighted by atomic mass is 16.4. The van der Waals surface area contributed by atoms with Gasteiger partial charge in [0.25, 0.3) is 0 Å². The molecular weight excluding hydrogens is 172 g/mol. The number of aliphatic carboxylic acids is 1. The normalized spacial score (nSPS) is 20.6. The van der Waals surface area contributed by atoms with Crippen molar-refractivity contribution in [2.24, 2.45) is 5.73 Å². The fraction of sp³-hybridized carbons (Fsp3) is 0.750. The maximum Gasteiger partial charge on any atom is 0.329 e. The third-order valence-corrected chi connectivity index (χ3v) is 2.48. The fourth-order valence-corrected chi connectivity index (χ4v) is 1.78. The zero-order chi connectivity index (χ0) is 9.90.